The Morgan fingerprint density at radius 3 is 2.52 bits per heavy atom. The maximum atomic E-state index is 12.7. The summed E-state index contributed by atoms with van der Waals surface area (Å²) in [6.45, 7) is 5.37. The molecule has 7 heteroatoms. The van der Waals surface area contributed by atoms with Gasteiger partial charge in [-0.25, -0.2) is 4.79 Å². The van der Waals surface area contributed by atoms with E-state index in [9.17, 15) is 9.59 Å². The number of carbonyl (C=O) groups is 2. The average molecular weight is 388 g/mol. The number of anilines is 2. The van der Waals surface area contributed by atoms with Crippen LogP contribution in [0.2, 0.25) is 0 Å². The number of rotatable bonds is 5. The van der Waals surface area contributed by atoms with Crippen molar-refractivity contribution in [3.05, 3.63) is 40.1 Å². The topological polar surface area (TPSA) is 76.7 Å². The zero-order valence-electron chi connectivity index (χ0n) is 15.9. The molecule has 1 saturated carbocycles. The SMILES string of the molecule is COc1ccc(NC(=O)c2sccc2C2CC2)cc1NC(=O)OC(C)(C)C. The lowest BCUT2D eigenvalue weighted by molar-refractivity contribution is 0.0635. The molecule has 6 nitrogen and oxygen atoms in total. The Kier molecular flexibility index (Phi) is 5.41. The molecule has 2 aromatic rings. The number of thiophene rings is 1. The quantitative estimate of drug-likeness (QED) is 0.735. The zero-order valence-corrected chi connectivity index (χ0v) is 16.7. The van der Waals surface area contributed by atoms with Gasteiger partial charge in [0.2, 0.25) is 0 Å². The van der Waals surface area contributed by atoms with Crippen molar-refractivity contribution < 1.29 is 19.1 Å². The maximum Gasteiger partial charge on any atom is 0.412 e. The number of ether oxygens (including phenoxy) is 2. The Morgan fingerprint density at radius 2 is 1.89 bits per heavy atom. The van der Waals surface area contributed by atoms with Crippen LogP contribution >= 0.6 is 11.3 Å². The van der Waals surface area contributed by atoms with Crippen LogP contribution in [0.1, 0.15) is 54.8 Å². The van der Waals surface area contributed by atoms with E-state index in [1.54, 1.807) is 39.0 Å². The molecule has 0 saturated heterocycles. The van der Waals surface area contributed by atoms with Crippen LogP contribution in [0, 0.1) is 0 Å². The van der Waals surface area contributed by atoms with Gasteiger partial charge in [-0.05, 0) is 74.7 Å². The minimum absolute atomic E-state index is 0.139. The molecule has 0 atom stereocenters. The molecule has 144 valence electrons. The van der Waals surface area contributed by atoms with Gasteiger partial charge in [0.05, 0.1) is 17.7 Å². The van der Waals surface area contributed by atoms with Gasteiger partial charge >= 0.3 is 6.09 Å². The van der Waals surface area contributed by atoms with Gasteiger partial charge in [-0.2, -0.15) is 0 Å². The molecule has 2 amide bonds. The summed E-state index contributed by atoms with van der Waals surface area (Å²) >= 11 is 1.45. The monoisotopic (exact) mass is 388 g/mol. The second kappa shape index (κ2) is 7.60. The molecule has 3 rings (SSSR count). The van der Waals surface area contributed by atoms with E-state index in [-0.39, 0.29) is 5.91 Å². The van der Waals surface area contributed by atoms with Crippen LogP contribution in [0.4, 0.5) is 16.2 Å². The summed E-state index contributed by atoms with van der Waals surface area (Å²) in [5.74, 6) is 0.853. The fourth-order valence-electron chi connectivity index (χ4n) is 2.70. The van der Waals surface area contributed by atoms with E-state index in [1.165, 1.54) is 18.4 Å². The molecule has 1 aromatic heterocycles. The van der Waals surface area contributed by atoms with E-state index in [2.05, 4.69) is 10.6 Å². The summed E-state index contributed by atoms with van der Waals surface area (Å²) in [6.07, 6.45) is 1.70. The third-order valence-electron chi connectivity index (χ3n) is 4.01. The van der Waals surface area contributed by atoms with Gasteiger partial charge in [0.25, 0.3) is 5.91 Å². The highest BCUT2D eigenvalue weighted by atomic mass is 32.1. The van der Waals surface area contributed by atoms with Crippen LogP contribution in [0.3, 0.4) is 0 Å². The first-order valence-electron chi connectivity index (χ1n) is 8.83. The van der Waals surface area contributed by atoms with Crippen molar-refractivity contribution in [2.24, 2.45) is 0 Å². The smallest absolute Gasteiger partial charge is 0.412 e. The summed E-state index contributed by atoms with van der Waals surface area (Å²) in [6, 6.07) is 7.12. The fourth-order valence-corrected chi connectivity index (χ4v) is 3.58. The normalized spacial score (nSPS) is 13.8. The van der Waals surface area contributed by atoms with Crippen LogP contribution in [-0.2, 0) is 4.74 Å². The largest absolute Gasteiger partial charge is 0.495 e. The van der Waals surface area contributed by atoms with E-state index in [0.29, 0.717) is 23.0 Å². The summed E-state index contributed by atoms with van der Waals surface area (Å²) in [5, 5.41) is 7.53. The van der Waals surface area contributed by atoms with Crippen LogP contribution in [0.5, 0.6) is 5.75 Å². The third-order valence-corrected chi connectivity index (χ3v) is 4.94. The van der Waals surface area contributed by atoms with Crippen molar-refractivity contribution >= 4 is 34.7 Å². The first kappa shape index (κ1) is 19.2. The van der Waals surface area contributed by atoms with Gasteiger partial charge in [0.1, 0.15) is 11.4 Å². The van der Waals surface area contributed by atoms with Gasteiger partial charge in [0, 0.05) is 5.69 Å². The standard InChI is InChI=1S/C20H24N2O4S/c1-20(2,3)26-19(24)22-15-11-13(7-8-16(15)25-4)21-18(23)17-14(9-10-27-17)12-5-6-12/h7-12H,5-6H2,1-4H3,(H,21,23)(H,22,24). The number of methoxy groups -OCH3 is 1. The lowest BCUT2D eigenvalue weighted by Gasteiger charge is -2.20. The lowest BCUT2D eigenvalue weighted by Crippen LogP contribution is -2.27. The maximum absolute atomic E-state index is 12.7. The zero-order chi connectivity index (χ0) is 19.6. The number of amides is 2. The molecule has 0 spiro atoms. The Balaban J connectivity index is 1.75. The van der Waals surface area contributed by atoms with Gasteiger partial charge < -0.3 is 14.8 Å². The number of hydrogen-bond donors (Lipinski definition) is 2. The molecule has 2 N–H and O–H groups in total. The molecule has 0 aliphatic heterocycles. The molecule has 0 radical (unpaired) electrons. The molecule has 1 heterocycles. The van der Waals surface area contributed by atoms with Gasteiger partial charge in [-0.1, -0.05) is 0 Å². The second-order valence-electron chi connectivity index (χ2n) is 7.48. The molecule has 27 heavy (non-hydrogen) atoms. The molecule has 1 aliphatic carbocycles. The molecular formula is C20H24N2O4S. The minimum atomic E-state index is -0.610. The summed E-state index contributed by atoms with van der Waals surface area (Å²) in [4.78, 5) is 25.5. The molecule has 1 fully saturated rings. The second-order valence-corrected chi connectivity index (χ2v) is 8.39. The van der Waals surface area contributed by atoms with Crippen molar-refractivity contribution in [3.8, 4) is 5.75 Å². The number of carbonyl (C=O) groups excluding carboxylic acids is 2. The van der Waals surface area contributed by atoms with E-state index in [0.717, 1.165) is 23.3 Å². The first-order valence-corrected chi connectivity index (χ1v) is 9.71. The van der Waals surface area contributed by atoms with E-state index >= 15 is 0 Å². The molecular weight excluding hydrogens is 364 g/mol. The predicted octanol–water partition coefficient (Wildman–Crippen LogP) is 5.23. The highest BCUT2D eigenvalue weighted by Gasteiger charge is 2.29. The highest BCUT2D eigenvalue weighted by Crippen LogP contribution is 2.43. The van der Waals surface area contributed by atoms with Gasteiger partial charge in [0.15, 0.2) is 0 Å². The molecule has 0 unspecified atom stereocenters. The predicted molar refractivity (Wildman–Crippen MR) is 107 cm³/mol. The van der Waals surface area contributed by atoms with Crippen LogP contribution < -0.4 is 15.4 Å². The molecule has 0 bridgehead atoms. The molecule has 1 aromatic carbocycles. The summed E-state index contributed by atoms with van der Waals surface area (Å²) in [5.41, 5.74) is 1.51. The van der Waals surface area contributed by atoms with Crippen LogP contribution in [0.25, 0.3) is 0 Å². The van der Waals surface area contributed by atoms with E-state index < -0.39 is 11.7 Å². The van der Waals surface area contributed by atoms with Crippen molar-refractivity contribution in [3.63, 3.8) is 0 Å². The van der Waals surface area contributed by atoms with Gasteiger partial charge in [-0.3, -0.25) is 10.1 Å². The van der Waals surface area contributed by atoms with Crippen LogP contribution in [0.15, 0.2) is 29.6 Å². The van der Waals surface area contributed by atoms with Crippen LogP contribution in [-0.4, -0.2) is 24.7 Å². The number of benzene rings is 1. The van der Waals surface area contributed by atoms with Crippen molar-refractivity contribution in [2.75, 3.05) is 17.7 Å². The highest BCUT2D eigenvalue weighted by molar-refractivity contribution is 7.12. The summed E-state index contributed by atoms with van der Waals surface area (Å²) in [7, 11) is 1.52. The summed E-state index contributed by atoms with van der Waals surface area (Å²) < 4.78 is 10.6. The van der Waals surface area contributed by atoms with E-state index in [4.69, 9.17) is 9.47 Å². The average Bonchev–Trinajstić information content (AvgIpc) is 3.29. The number of hydrogen-bond acceptors (Lipinski definition) is 5. The Labute approximate surface area is 162 Å². The first-order chi connectivity index (χ1) is 12.8. The minimum Gasteiger partial charge on any atom is -0.495 e. The van der Waals surface area contributed by atoms with Crippen molar-refractivity contribution in [1.82, 2.24) is 0 Å². The van der Waals surface area contributed by atoms with E-state index in [1.807, 2.05) is 11.4 Å². The fraction of sp³-hybridized carbons (Fsp3) is 0.400. The Hall–Kier alpha value is -2.54. The van der Waals surface area contributed by atoms with Crippen molar-refractivity contribution in [1.29, 1.82) is 0 Å². The number of nitrogens with one attached hydrogen (secondary N) is 2. The van der Waals surface area contributed by atoms with Gasteiger partial charge in [-0.15, -0.1) is 11.3 Å². The molecule has 1 aliphatic rings. The lowest BCUT2D eigenvalue weighted by atomic mass is 10.1. The Morgan fingerprint density at radius 1 is 1.15 bits per heavy atom. The van der Waals surface area contributed by atoms with Crippen molar-refractivity contribution in [2.45, 2.75) is 45.1 Å². The third kappa shape index (κ3) is 5.01. The Bertz CT molecular complexity index is 850.